The molecule has 0 atom stereocenters. The van der Waals surface area contributed by atoms with Crippen molar-refractivity contribution in [3.8, 4) is 39.5 Å². The van der Waals surface area contributed by atoms with Gasteiger partial charge in [-0.2, -0.15) is 0 Å². The van der Waals surface area contributed by atoms with E-state index in [1.54, 1.807) is 54.6 Å². The summed E-state index contributed by atoms with van der Waals surface area (Å²) in [6, 6.07) is 16.4. The highest BCUT2D eigenvalue weighted by molar-refractivity contribution is 5.99. The molecule has 0 radical (unpaired) electrons. The number of nitrogens with zero attached hydrogens (tertiary/aromatic N) is 1. The van der Waals surface area contributed by atoms with Gasteiger partial charge in [-0.3, -0.25) is 0 Å². The molecule has 0 aromatic heterocycles. The molecule has 0 fully saturated rings. The summed E-state index contributed by atoms with van der Waals surface area (Å²) in [6.07, 6.45) is 1.17. The Morgan fingerprint density at radius 3 is 1.75 bits per heavy atom. The molecule has 0 amide bonds. The van der Waals surface area contributed by atoms with E-state index in [0.717, 1.165) is 16.7 Å². The fourth-order valence-corrected chi connectivity index (χ4v) is 2.62. The van der Waals surface area contributed by atoms with Crippen molar-refractivity contribution in [2.24, 2.45) is 5.16 Å². The van der Waals surface area contributed by atoms with Crippen molar-refractivity contribution in [2.75, 3.05) is 0 Å². The topological polar surface area (TPSA) is 93.3 Å². The molecule has 5 nitrogen and oxygen atoms in total. The van der Waals surface area contributed by atoms with Gasteiger partial charge >= 0.3 is 0 Å². The van der Waals surface area contributed by atoms with Crippen LogP contribution in [0.5, 0.6) is 17.2 Å². The number of oxime groups is 1. The van der Waals surface area contributed by atoms with Gasteiger partial charge in [-0.15, -0.1) is 0 Å². The maximum absolute atomic E-state index is 10.2. The molecule has 0 saturated carbocycles. The minimum Gasteiger partial charge on any atom is -0.508 e. The van der Waals surface area contributed by atoms with Crippen molar-refractivity contribution in [2.45, 2.75) is 0 Å². The van der Waals surface area contributed by atoms with E-state index in [1.807, 2.05) is 0 Å². The summed E-state index contributed by atoms with van der Waals surface area (Å²) in [4.78, 5) is 0. The fourth-order valence-electron chi connectivity index (χ4n) is 2.62. The Bertz CT molecular complexity index is 884. The van der Waals surface area contributed by atoms with Crippen LogP contribution in [-0.2, 0) is 0 Å². The third kappa shape index (κ3) is 2.87. The fraction of sp³-hybridized carbons (Fsp3) is 0. The summed E-state index contributed by atoms with van der Waals surface area (Å²) in [5, 5.41) is 41.1. The molecule has 5 heteroatoms. The summed E-state index contributed by atoms with van der Waals surface area (Å²) in [5.41, 5.74) is 3.35. The Kier molecular flexibility index (Phi) is 4.07. The predicted octanol–water partition coefficient (Wildman–Crippen LogP) is 3.95. The van der Waals surface area contributed by atoms with E-state index >= 15 is 0 Å². The van der Waals surface area contributed by atoms with E-state index < -0.39 is 0 Å². The first-order chi connectivity index (χ1) is 11.6. The van der Waals surface area contributed by atoms with Crippen molar-refractivity contribution < 1.29 is 20.5 Å². The summed E-state index contributed by atoms with van der Waals surface area (Å²) in [6.45, 7) is 0. The highest BCUT2D eigenvalue weighted by Gasteiger charge is 2.15. The zero-order chi connectivity index (χ0) is 17.1. The number of phenols is 3. The van der Waals surface area contributed by atoms with Gasteiger partial charge in [0.25, 0.3) is 0 Å². The number of hydrogen-bond donors (Lipinski definition) is 4. The second-order valence-corrected chi connectivity index (χ2v) is 5.26. The van der Waals surface area contributed by atoms with Crippen molar-refractivity contribution >= 4 is 6.21 Å². The van der Waals surface area contributed by atoms with Crippen LogP contribution in [0, 0.1) is 0 Å². The highest BCUT2D eigenvalue weighted by atomic mass is 16.4. The molecule has 0 saturated heterocycles. The maximum atomic E-state index is 10.2. The molecule has 24 heavy (non-hydrogen) atoms. The Balaban J connectivity index is 2.31. The quantitative estimate of drug-likeness (QED) is 0.334. The van der Waals surface area contributed by atoms with Gasteiger partial charge in [0, 0.05) is 11.1 Å². The van der Waals surface area contributed by atoms with Crippen molar-refractivity contribution in [3.63, 3.8) is 0 Å². The summed E-state index contributed by atoms with van der Waals surface area (Å²) in [7, 11) is 0. The molecule has 120 valence electrons. The molecule has 0 bridgehead atoms. The maximum Gasteiger partial charge on any atom is 0.125 e. The minimum atomic E-state index is -0.0293. The van der Waals surface area contributed by atoms with Gasteiger partial charge in [0.2, 0.25) is 0 Å². The molecular weight excluding hydrogens is 306 g/mol. The van der Waals surface area contributed by atoms with Crippen molar-refractivity contribution in [1.82, 2.24) is 0 Å². The van der Waals surface area contributed by atoms with Crippen molar-refractivity contribution in [3.05, 3.63) is 66.2 Å². The molecule has 0 aliphatic carbocycles. The van der Waals surface area contributed by atoms with Gasteiger partial charge in [-0.05, 0) is 47.0 Å². The summed E-state index contributed by atoms with van der Waals surface area (Å²) in [5.74, 6) is 0.252. The normalized spacial score (nSPS) is 11.0. The molecule has 3 aromatic carbocycles. The number of benzene rings is 3. The lowest BCUT2D eigenvalue weighted by Crippen LogP contribution is -1.94. The van der Waals surface area contributed by atoms with Crippen LogP contribution in [0.3, 0.4) is 0 Å². The predicted molar refractivity (Wildman–Crippen MR) is 91.7 cm³/mol. The smallest absolute Gasteiger partial charge is 0.125 e. The van der Waals surface area contributed by atoms with E-state index in [2.05, 4.69) is 5.16 Å². The van der Waals surface area contributed by atoms with Gasteiger partial charge in [-0.1, -0.05) is 35.5 Å². The van der Waals surface area contributed by atoms with Crippen LogP contribution >= 0.6 is 0 Å². The second kappa shape index (κ2) is 6.34. The van der Waals surface area contributed by atoms with Gasteiger partial charge in [0.15, 0.2) is 0 Å². The number of hydrogen-bond acceptors (Lipinski definition) is 5. The van der Waals surface area contributed by atoms with Crippen LogP contribution in [0.2, 0.25) is 0 Å². The van der Waals surface area contributed by atoms with Crippen LogP contribution in [0.1, 0.15) is 5.56 Å². The zero-order valence-electron chi connectivity index (χ0n) is 12.6. The van der Waals surface area contributed by atoms with Crippen LogP contribution in [0.15, 0.2) is 65.8 Å². The Labute approximate surface area is 138 Å². The first-order valence-corrected chi connectivity index (χ1v) is 7.22. The lowest BCUT2D eigenvalue weighted by atomic mass is 9.90. The average Bonchev–Trinajstić information content (AvgIpc) is 2.58. The second-order valence-electron chi connectivity index (χ2n) is 5.26. The lowest BCUT2D eigenvalue weighted by molar-refractivity contribution is 0.321. The Hall–Kier alpha value is -3.47. The molecule has 0 spiro atoms. The SMILES string of the molecule is O/N=C/c1c(O)ccc(-c2ccc(O)cc2)c1-c1ccc(O)cc1. The monoisotopic (exact) mass is 321 g/mol. The molecule has 0 unspecified atom stereocenters. The number of phenolic OH excluding ortho intramolecular Hbond substituents is 3. The molecule has 0 aliphatic rings. The third-order valence-corrected chi connectivity index (χ3v) is 3.74. The van der Waals surface area contributed by atoms with E-state index in [-0.39, 0.29) is 17.2 Å². The van der Waals surface area contributed by atoms with Gasteiger partial charge in [0.05, 0.1) is 6.21 Å². The van der Waals surface area contributed by atoms with Crippen molar-refractivity contribution in [1.29, 1.82) is 0 Å². The summed E-state index contributed by atoms with van der Waals surface area (Å²) < 4.78 is 0. The largest absolute Gasteiger partial charge is 0.508 e. The lowest BCUT2D eigenvalue weighted by Gasteiger charge is -2.15. The third-order valence-electron chi connectivity index (χ3n) is 3.74. The summed E-state index contributed by atoms with van der Waals surface area (Å²) >= 11 is 0. The van der Waals surface area contributed by atoms with E-state index in [4.69, 9.17) is 5.21 Å². The van der Waals surface area contributed by atoms with Crippen LogP contribution < -0.4 is 0 Å². The molecule has 4 N–H and O–H groups in total. The molecule has 3 aromatic rings. The van der Waals surface area contributed by atoms with Crippen LogP contribution in [0.4, 0.5) is 0 Å². The van der Waals surface area contributed by atoms with E-state index in [0.29, 0.717) is 11.1 Å². The van der Waals surface area contributed by atoms with Gasteiger partial charge in [-0.25, -0.2) is 0 Å². The van der Waals surface area contributed by atoms with Gasteiger partial charge < -0.3 is 20.5 Å². The minimum absolute atomic E-state index is 0.0293. The van der Waals surface area contributed by atoms with E-state index in [9.17, 15) is 15.3 Å². The Morgan fingerprint density at radius 2 is 1.21 bits per heavy atom. The van der Waals surface area contributed by atoms with E-state index in [1.165, 1.54) is 12.3 Å². The van der Waals surface area contributed by atoms with Gasteiger partial charge in [0.1, 0.15) is 17.2 Å². The van der Waals surface area contributed by atoms with Crippen LogP contribution in [0.25, 0.3) is 22.3 Å². The highest BCUT2D eigenvalue weighted by Crippen LogP contribution is 2.39. The molecular formula is C19H15NO4. The standard InChI is InChI=1S/C19H15NO4/c21-14-5-1-12(2-6-14)16-9-10-18(23)17(11-20-24)19(16)13-3-7-15(22)8-4-13/h1-11,21-24H/b20-11+. The van der Waals surface area contributed by atoms with Crippen LogP contribution in [-0.4, -0.2) is 26.7 Å². The number of aromatic hydroxyl groups is 3. The Morgan fingerprint density at radius 1 is 0.667 bits per heavy atom. The molecule has 0 heterocycles. The first kappa shape index (κ1) is 15.4. The number of rotatable bonds is 3. The molecule has 3 rings (SSSR count). The molecule has 0 aliphatic heterocycles. The average molecular weight is 321 g/mol. The first-order valence-electron chi connectivity index (χ1n) is 7.22. The zero-order valence-corrected chi connectivity index (χ0v) is 12.6.